The quantitative estimate of drug-likeness (QED) is 0.389. The summed E-state index contributed by atoms with van der Waals surface area (Å²) in [6, 6.07) is 0. The minimum atomic E-state index is 0. The van der Waals surface area contributed by atoms with Gasteiger partial charge in [0.15, 0.2) is 0 Å². The van der Waals surface area contributed by atoms with Gasteiger partial charge >= 0.3 is 17.1 Å². The van der Waals surface area contributed by atoms with E-state index in [1.54, 1.807) is 0 Å². The Hall–Kier alpha value is -0.00701. The van der Waals surface area contributed by atoms with E-state index < -0.39 is 0 Å². The van der Waals surface area contributed by atoms with Crippen LogP contribution in [0.15, 0.2) is 0 Å². The Bertz CT molecular complexity index is 27.0. The molecule has 0 aromatic heterocycles. The van der Waals surface area contributed by atoms with Crippen molar-refractivity contribution in [2.24, 2.45) is 0 Å². The summed E-state index contributed by atoms with van der Waals surface area (Å²) in [5.41, 5.74) is 0. The molecule has 0 bridgehead atoms. The van der Waals surface area contributed by atoms with Crippen LogP contribution in [-0.2, 0) is 33.6 Å². The van der Waals surface area contributed by atoms with Crippen LogP contribution in [0.2, 0.25) is 0 Å². The van der Waals surface area contributed by atoms with E-state index in [2.05, 4.69) is 0 Å². The molecular weight excluding hydrogens is 174 g/mol. The molecule has 0 spiro atoms. The van der Waals surface area contributed by atoms with Gasteiger partial charge in [0.05, 0.1) is 0 Å². The van der Waals surface area contributed by atoms with Crippen LogP contribution in [0.5, 0.6) is 0 Å². The molecule has 0 atom stereocenters. The molecule has 0 aliphatic rings. The Kier molecular flexibility index (Phi) is 10100000. The fourth-order valence-corrected chi connectivity index (χ4v) is 0. The zero-order valence-corrected chi connectivity index (χ0v) is 4.44. The fraction of sp³-hybridized carbons (Fsp3) is 0. The third-order valence-electron chi connectivity index (χ3n) is 0. The number of hydrogen-bond donors (Lipinski definition) is 0. The van der Waals surface area contributed by atoms with Gasteiger partial charge in [-0.1, -0.05) is 0 Å². The molecule has 0 aromatic rings. The first-order valence-corrected chi connectivity index (χ1v) is 0.447. The van der Waals surface area contributed by atoms with E-state index in [0.29, 0.717) is 0 Å². The number of nitrogens with zero attached hydrogens (tertiary/aromatic N) is 2. The SMILES string of the molecule is [C-]#N.[C-]#N.[Cu+2].[Ni]. The van der Waals surface area contributed by atoms with Crippen molar-refractivity contribution in [2.75, 3.05) is 0 Å². The van der Waals surface area contributed by atoms with Crippen molar-refractivity contribution in [3.05, 3.63) is 13.1 Å². The van der Waals surface area contributed by atoms with Crippen molar-refractivity contribution in [3.8, 4) is 0 Å². The van der Waals surface area contributed by atoms with Crippen LogP contribution in [0, 0.1) is 23.7 Å². The molecule has 0 rings (SSSR count). The van der Waals surface area contributed by atoms with E-state index in [1.165, 1.54) is 0 Å². The second-order valence-electron chi connectivity index (χ2n) is 0. The van der Waals surface area contributed by atoms with Crippen LogP contribution in [0.1, 0.15) is 0 Å². The largest absolute Gasteiger partial charge is 2.00 e. The Labute approximate surface area is 57.5 Å². The first-order valence-electron chi connectivity index (χ1n) is 0.447. The molecular formula is C2CuN2Ni. The van der Waals surface area contributed by atoms with Crippen LogP contribution < -0.4 is 0 Å². The van der Waals surface area contributed by atoms with Gasteiger partial charge in [0.25, 0.3) is 0 Å². The zero-order valence-electron chi connectivity index (χ0n) is 2.51. The van der Waals surface area contributed by atoms with Gasteiger partial charge in [0, 0.05) is 16.5 Å². The summed E-state index contributed by atoms with van der Waals surface area (Å²) in [5.74, 6) is 0. The van der Waals surface area contributed by atoms with E-state index in [-0.39, 0.29) is 33.6 Å². The maximum absolute atomic E-state index is 6.25. The number of hydrogen-bond acceptors (Lipinski definition) is 2. The molecule has 4 heteroatoms. The smallest absolute Gasteiger partial charge is 0.512 e. The maximum atomic E-state index is 6.25. The summed E-state index contributed by atoms with van der Waals surface area (Å²) in [7, 11) is 0. The molecule has 0 N–H and O–H groups in total. The molecule has 0 aliphatic heterocycles. The molecule has 0 amide bonds. The third kappa shape index (κ3) is 727000. The van der Waals surface area contributed by atoms with Crippen molar-refractivity contribution < 1.29 is 33.6 Å². The van der Waals surface area contributed by atoms with Crippen molar-refractivity contribution in [1.82, 2.24) is 0 Å². The van der Waals surface area contributed by atoms with E-state index >= 15 is 0 Å². The third-order valence-corrected chi connectivity index (χ3v) is 0. The standard InChI is InChI=1S/2CN.Cu.Ni/c2*1-2;;/q2*-1;+2;. The fourth-order valence-electron chi connectivity index (χ4n) is 0. The van der Waals surface area contributed by atoms with Crippen molar-refractivity contribution in [2.45, 2.75) is 0 Å². The van der Waals surface area contributed by atoms with E-state index in [4.69, 9.17) is 23.7 Å². The van der Waals surface area contributed by atoms with Crippen LogP contribution in [0.25, 0.3) is 0 Å². The monoisotopic (exact) mass is 173 g/mol. The van der Waals surface area contributed by atoms with E-state index in [0.717, 1.165) is 0 Å². The van der Waals surface area contributed by atoms with Crippen LogP contribution in [-0.4, -0.2) is 0 Å². The number of rotatable bonds is 0. The van der Waals surface area contributed by atoms with Crippen molar-refractivity contribution in [1.29, 1.82) is 10.5 Å². The van der Waals surface area contributed by atoms with Gasteiger partial charge in [-0.3, -0.25) is 0 Å². The van der Waals surface area contributed by atoms with Crippen molar-refractivity contribution >= 4 is 0 Å². The molecule has 39 valence electrons. The molecule has 0 aromatic carbocycles. The molecule has 0 unspecified atom stereocenters. The predicted molar refractivity (Wildman–Crippen MR) is 9.94 cm³/mol. The van der Waals surface area contributed by atoms with Crippen LogP contribution >= 0.6 is 0 Å². The molecule has 0 aliphatic carbocycles. The molecule has 0 fully saturated rings. The minimum Gasteiger partial charge on any atom is -0.512 e. The first kappa shape index (κ1) is 37.6. The van der Waals surface area contributed by atoms with E-state index in [1.807, 2.05) is 0 Å². The zero-order chi connectivity index (χ0) is 4.00. The minimum absolute atomic E-state index is 0. The predicted octanol–water partition coefficient (Wildman–Crippen LogP) is 0.188. The second kappa shape index (κ2) is 1620000. The van der Waals surface area contributed by atoms with Gasteiger partial charge in [-0.05, 0) is 0 Å². The summed E-state index contributed by atoms with van der Waals surface area (Å²) in [6.07, 6.45) is 0. The summed E-state index contributed by atoms with van der Waals surface area (Å²) in [5, 5.41) is 12.5. The summed E-state index contributed by atoms with van der Waals surface area (Å²) < 4.78 is 0. The Morgan fingerprint density at radius 3 is 0.833 bits per heavy atom. The van der Waals surface area contributed by atoms with Crippen molar-refractivity contribution in [3.63, 3.8) is 0 Å². The van der Waals surface area contributed by atoms with Gasteiger partial charge in [-0.25, -0.2) is 0 Å². The van der Waals surface area contributed by atoms with Gasteiger partial charge in [-0.2, -0.15) is 0 Å². The van der Waals surface area contributed by atoms with Crippen LogP contribution in [0.3, 0.4) is 0 Å². The summed E-state index contributed by atoms with van der Waals surface area (Å²) in [6.45, 7) is 9.50. The molecule has 0 heterocycles. The summed E-state index contributed by atoms with van der Waals surface area (Å²) in [4.78, 5) is 0. The van der Waals surface area contributed by atoms with Gasteiger partial charge in [-0.15, -0.1) is 0 Å². The average molecular weight is 174 g/mol. The normalized spacial score (nSPS) is 0.667. The maximum Gasteiger partial charge on any atom is 2.00 e. The van der Waals surface area contributed by atoms with Crippen LogP contribution in [0.4, 0.5) is 0 Å². The average Bonchev–Trinajstić information content (AvgIpc) is 1.50. The van der Waals surface area contributed by atoms with Gasteiger partial charge < -0.3 is 23.7 Å². The summed E-state index contributed by atoms with van der Waals surface area (Å²) >= 11 is 0. The molecule has 2 nitrogen and oxygen atoms in total. The molecule has 0 saturated carbocycles. The Morgan fingerprint density at radius 2 is 0.833 bits per heavy atom. The topological polar surface area (TPSA) is 47.6 Å². The Balaban J connectivity index is -0.00000000500. The van der Waals surface area contributed by atoms with E-state index in [9.17, 15) is 0 Å². The molecule has 6 heavy (non-hydrogen) atoms. The molecule has 0 saturated heterocycles. The van der Waals surface area contributed by atoms with Gasteiger partial charge in [0.1, 0.15) is 0 Å². The Morgan fingerprint density at radius 1 is 0.833 bits per heavy atom. The molecule has 1 radical (unpaired) electrons. The first-order chi connectivity index (χ1) is 2.00. The second-order valence-corrected chi connectivity index (χ2v) is 0. The van der Waals surface area contributed by atoms with Gasteiger partial charge in [0.2, 0.25) is 0 Å².